The van der Waals surface area contributed by atoms with E-state index in [1.165, 1.54) is 11.1 Å². The summed E-state index contributed by atoms with van der Waals surface area (Å²) in [5, 5.41) is 49.8. The fourth-order valence-corrected chi connectivity index (χ4v) is 16.6. The van der Waals surface area contributed by atoms with Gasteiger partial charge in [0.25, 0.3) is 0 Å². The summed E-state index contributed by atoms with van der Waals surface area (Å²) in [6.45, 7) is 5.80. The van der Waals surface area contributed by atoms with E-state index in [9.17, 15) is 51.5 Å². The second-order valence-electron chi connectivity index (χ2n) is 31.2. The van der Waals surface area contributed by atoms with Crippen molar-refractivity contribution in [1.82, 2.24) is 82.3 Å². The van der Waals surface area contributed by atoms with Crippen molar-refractivity contribution in [3.63, 3.8) is 0 Å². The van der Waals surface area contributed by atoms with Gasteiger partial charge in [-0.2, -0.15) is 13.2 Å². The Morgan fingerprint density at radius 1 is 0.462 bits per heavy atom. The molecule has 4 saturated heterocycles. The first-order chi connectivity index (χ1) is 56.6. The maximum absolute atomic E-state index is 14.8. The molecule has 4 fully saturated rings. The van der Waals surface area contributed by atoms with Gasteiger partial charge in [-0.15, -0.1) is 10.2 Å². The number of hydrogen-bond donors (Lipinski definition) is 9. The fraction of sp³-hybridized carbons (Fsp3) is 0.511. The number of rotatable bonds is 40. The topological polar surface area (TPSA) is 338 Å². The molecule has 8 amide bonds. The Morgan fingerprint density at radius 2 is 0.795 bits per heavy atom. The number of carboxylic acid groups (broad SMARTS) is 1. The van der Waals surface area contributed by atoms with E-state index < -0.39 is 60.5 Å². The van der Waals surface area contributed by atoms with Gasteiger partial charge in [0.1, 0.15) is 24.2 Å². The molecular weight excluding hydrogens is 1500 g/mol. The number of unbranched alkanes of at least 4 members (excludes halogenated alkanes) is 4. The lowest BCUT2D eigenvalue weighted by atomic mass is 9.92. The third-order valence-corrected chi connectivity index (χ3v) is 23.1. The van der Waals surface area contributed by atoms with Crippen molar-refractivity contribution in [2.75, 3.05) is 27.2 Å². The molecule has 4 aliphatic rings. The highest BCUT2D eigenvalue weighted by atomic mass is 19.4. The number of aryl methyl sites for hydroxylation is 6. The second-order valence-corrected chi connectivity index (χ2v) is 31.2. The number of halogens is 3. The highest BCUT2D eigenvalue weighted by Crippen LogP contribution is 2.38. The average molecular weight is 1610 g/mol. The molecule has 9 N–H and O–H groups in total. The van der Waals surface area contributed by atoms with Crippen LogP contribution in [0.3, 0.4) is 0 Å². The number of nitrogens with one attached hydrogen (secondary N) is 8. The quantitative estimate of drug-likeness (QED) is 0.0161. The van der Waals surface area contributed by atoms with Gasteiger partial charge in [0.05, 0.1) is 35.6 Å². The number of alkyl halides is 3. The van der Waals surface area contributed by atoms with E-state index in [1.54, 1.807) is 23.9 Å². The Hall–Kier alpha value is -10.7. The fourth-order valence-electron chi connectivity index (χ4n) is 16.6. The molecule has 0 aliphatic carbocycles. The zero-order valence-corrected chi connectivity index (χ0v) is 67.6. The van der Waals surface area contributed by atoms with Crippen molar-refractivity contribution < 1.29 is 61.4 Å². The summed E-state index contributed by atoms with van der Waals surface area (Å²) < 4.78 is 35.5. The van der Waals surface area contributed by atoms with Gasteiger partial charge in [-0.1, -0.05) is 170 Å². The minimum atomic E-state index is -5.08. The Balaban J connectivity index is 0.00000197. The maximum atomic E-state index is 14.8. The molecule has 0 saturated carbocycles. The van der Waals surface area contributed by atoms with Crippen molar-refractivity contribution in [2.45, 2.75) is 248 Å². The van der Waals surface area contributed by atoms with E-state index in [0.717, 1.165) is 98.1 Å². The molecule has 628 valence electrons. The largest absolute Gasteiger partial charge is 0.490 e. The molecule has 11 rings (SSSR count). The first-order valence-electron chi connectivity index (χ1n) is 41.7. The van der Waals surface area contributed by atoms with Gasteiger partial charge >= 0.3 is 12.1 Å². The Labute approximate surface area is 683 Å². The van der Waals surface area contributed by atoms with Crippen LogP contribution in [0.1, 0.15) is 199 Å². The van der Waals surface area contributed by atoms with Crippen LogP contribution in [0.2, 0.25) is 0 Å². The first-order valence-corrected chi connectivity index (χ1v) is 41.7. The molecular formula is C88H115F3N16O10. The van der Waals surface area contributed by atoms with E-state index in [0.29, 0.717) is 103 Å². The van der Waals surface area contributed by atoms with Gasteiger partial charge in [-0.05, 0) is 189 Å². The number of nitrogens with zero attached hydrogens (tertiary/aromatic N) is 8. The highest BCUT2D eigenvalue weighted by Gasteiger charge is 2.50. The Morgan fingerprint density at radius 3 is 1.12 bits per heavy atom. The van der Waals surface area contributed by atoms with Crippen molar-refractivity contribution in [3.8, 4) is 0 Å². The van der Waals surface area contributed by atoms with Gasteiger partial charge in [-0.3, -0.25) is 47.7 Å². The Bertz CT molecular complexity index is 3980. The maximum Gasteiger partial charge on any atom is 0.490 e. The number of amides is 8. The number of carbonyl (C=O) groups is 9. The van der Waals surface area contributed by atoms with Gasteiger partial charge in [0.2, 0.25) is 47.3 Å². The van der Waals surface area contributed by atoms with Gasteiger partial charge in [0, 0.05) is 75.3 Å². The zero-order valence-electron chi connectivity index (χ0n) is 67.6. The number of hydrogen-bond acceptors (Lipinski definition) is 15. The van der Waals surface area contributed by atoms with Gasteiger partial charge in [0.15, 0.2) is 0 Å². The molecule has 26 nitrogen and oxygen atoms in total. The molecule has 0 spiro atoms. The number of aromatic nitrogens is 6. The van der Waals surface area contributed by atoms with Crippen LogP contribution in [0.15, 0.2) is 158 Å². The van der Waals surface area contributed by atoms with Crippen LogP contribution in [-0.4, -0.2) is 180 Å². The first kappa shape index (κ1) is 88.7. The molecule has 2 aromatic heterocycles. The van der Waals surface area contributed by atoms with Crippen LogP contribution in [0.5, 0.6) is 0 Å². The lowest BCUT2D eigenvalue weighted by Gasteiger charge is -2.33. The van der Waals surface area contributed by atoms with Crippen LogP contribution < -0.4 is 42.5 Å². The molecule has 0 unspecified atom stereocenters. The summed E-state index contributed by atoms with van der Waals surface area (Å²) >= 11 is 0. The second kappa shape index (κ2) is 44.6. The van der Waals surface area contributed by atoms with E-state index >= 15 is 0 Å². The highest BCUT2D eigenvalue weighted by molar-refractivity contribution is 5.96. The minimum Gasteiger partial charge on any atom is -0.475 e. The number of fused-ring (bicyclic) bond motifs is 2. The summed E-state index contributed by atoms with van der Waals surface area (Å²) in [6.07, 6.45) is 15.6. The van der Waals surface area contributed by atoms with Crippen molar-refractivity contribution in [2.24, 2.45) is 11.8 Å². The van der Waals surface area contributed by atoms with E-state index in [4.69, 9.17) is 9.90 Å². The van der Waals surface area contributed by atoms with Crippen molar-refractivity contribution in [3.05, 3.63) is 203 Å². The third-order valence-electron chi connectivity index (χ3n) is 23.1. The van der Waals surface area contributed by atoms with Crippen molar-refractivity contribution in [1.29, 1.82) is 0 Å². The molecule has 117 heavy (non-hydrogen) atoms. The standard InChI is InChI=1S/C86H114N16O8.C2HF3O2/c1-5-71(87-3)81(105)93-79-65(45-47-69-49-51-73(101(69)85(79)109)83(107)91-77(61-29-11-7-12-30-61)62-31-13-8-14-32-62)55-89-75(103)39-21-19-37-67-57-99(97-95-67)53-25-23-27-59-41-43-60(44-42-59)28-24-26-54-100-58-68(96-98-100)38-20-22-40-76(104)90-56-66-46-48-70-50-52-74(102(70)86(110)80(66)94-82(106)72(6-2)88-4)84(108)92-78(63-33-15-9-16-34-63)64-35-17-10-18-36-64;3-2(4,5)1(6)7/h7-18,29-36,41-44,57-58,65-66,69-74,77-80,87-88H,5-6,19-28,37-40,45-56H2,1-4H3,(H,89,103)(H,90,104)(H,91,107)(H,92,108)(H,93,105)(H,94,106);(H,6,7)/t65-,66-,69+,70+,71+,72+,73+,74+,79+,80+;/m1./s1. The molecule has 29 heteroatoms. The smallest absolute Gasteiger partial charge is 0.475 e. The lowest BCUT2D eigenvalue weighted by Crippen LogP contribution is -2.59. The summed E-state index contributed by atoms with van der Waals surface area (Å²) in [7, 11) is 3.44. The van der Waals surface area contributed by atoms with Crippen molar-refractivity contribution >= 4 is 53.2 Å². The van der Waals surface area contributed by atoms with Crippen LogP contribution in [0.25, 0.3) is 0 Å². The predicted octanol–water partition coefficient (Wildman–Crippen LogP) is 9.52. The number of benzene rings is 5. The third kappa shape index (κ3) is 25.7. The normalized spacial score (nSPS) is 19.7. The minimum absolute atomic E-state index is 0.112. The SMILES string of the molecule is CC[C@H](NC)C(=O)N[C@@H]1C(=O)N2[C@@H](CC[C@@H]1CNC(=O)CCCCc1cn(CCCCc3ccc(CCCCn4cc(CCCCC(=O)NC[C@H]5CC[C@H]6CC[C@@H](C(=O)NC(c7ccccc7)c7ccccc7)N6C(=O)[C@H]5NC(=O)[C@H](CC)NC)nn4)cc3)nn1)CC[C@H]2C(=O)NC(c1ccccc1)c1ccccc1.O=C(O)C(F)(F)F. The molecule has 4 aliphatic heterocycles. The van der Waals surface area contributed by atoms with Crippen LogP contribution >= 0.6 is 0 Å². The summed E-state index contributed by atoms with van der Waals surface area (Å²) in [5.41, 5.74) is 8.13. The number of carboxylic acids is 1. The molecule has 10 atom stereocenters. The molecule has 0 bridgehead atoms. The molecule has 0 radical (unpaired) electrons. The summed E-state index contributed by atoms with van der Waals surface area (Å²) in [4.78, 5) is 125. The summed E-state index contributed by atoms with van der Waals surface area (Å²) in [6, 6.07) is 42.8. The zero-order chi connectivity index (χ0) is 83.2. The monoisotopic (exact) mass is 1610 g/mol. The lowest BCUT2D eigenvalue weighted by molar-refractivity contribution is -0.192. The summed E-state index contributed by atoms with van der Waals surface area (Å²) in [5.74, 6) is -5.31. The molecule has 6 heterocycles. The average Bonchev–Trinajstić information content (AvgIpc) is 1.64. The van der Waals surface area contributed by atoms with Crippen LogP contribution in [0.4, 0.5) is 13.2 Å². The number of carbonyl (C=O) groups excluding carboxylic acids is 8. The Kier molecular flexibility index (Phi) is 33.8. The van der Waals surface area contributed by atoms with E-state index in [2.05, 4.69) is 87.4 Å². The van der Waals surface area contributed by atoms with Crippen LogP contribution in [-0.2, 0) is 81.9 Å². The van der Waals surface area contributed by atoms with E-state index in [1.807, 2.05) is 157 Å². The van der Waals surface area contributed by atoms with Crippen LogP contribution in [0, 0.1) is 11.8 Å². The van der Waals surface area contributed by atoms with Gasteiger partial charge in [-0.25, -0.2) is 4.79 Å². The predicted molar refractivity (Wildman–Crippen MR) is 436 cm³/mol. The van der Waals surface area contributed by atoms with Gasteiger partial charge < -0.3 is 57.4 Å². The number of aliphatic carboxylic acids is 1. The number of likely N-dealkylation sites (N-methyl/N-ethyl adjacent to an activating group) is 2. The molecule has 7 aromatic rings. The molecule has 5 aromatic carbocycles. The van der Waals surface area contributed by atoms with E-state index in [-0.39, 0.29) is 84.3 Å².